The third-order valence-corrected chi connectivity index (χ3v) is 6.04. The third-order valence-electron chi connectivity index (χ3n) is 5.82. The van der Waals surface area contributed by atoms with Crippen LogP contribution in [0.3, 0.4) is 0 Å². The molecule has 0 spiro atoms. The van der Waals surface area contributed by atoms with Crippen LogP contribution in [0.5, 0.6) is 5.75 Å². The van der Waals surface area contributed by atoms with E-state index in [4.69, 9.17) is 16.3 Å². The van der Waals surface area contributed by atoms with Gasteiger partial charge in [-0.3, -0.25) is 0 Å². The van der Waals surface area contributed by atoms with Gasteiger partial charge in [-0.25, -0.2) is 14.5 Å². The van der Waals surface area contributed by atoms with Gasteiger partial charge in [0.2, 0.25) is 0 Å². The van der Waals surface area contributed by atoms with Gasteiger partial charge in [-0.15, -0.1) is 0 Å². The maximum absolute atomic E-state index is 12.7. The summed E-state index contributed by atoms with van der Waals surface area (Å²) in [6.45, 7) is 7.19. The number of nitrogens with one attached hydrogen (secondary N) is 1. The van der Waals surface area contributed by atoms with Crippen molar-refractivity contribution in [3.05, 3.63) is 64.7 Å². The number of amides is 2. The molecule has 2 amide bonds. The average molecular weight is 469 g/mol. The zero-order valence-electron chi connectivity index (χ0n) is 19.2. The minimum atomic E-state index is -0.0536. The SMILES string of the molecule is CCc1cc(Cl)cc(CNC(=O)N2CCN(c3ccc(-n4cnc(C)n4)c(OC)c3)CC2)c1. The number of ether oxygens (including phenoxy) is 1. The second-order valence-electron chi connectivity index (χ2n) is 8.05. The molecule has 1 N–H and O–H groups in total. The monoisotopic (exact) mass is 468 g/mol. The summed E-state index contributed by atoms with van der Waals surface area (Å²) in [6.07, 6.45) is 2.59. The number of carbonyl (C=O) groups excluding carboxylic acids is 1. The van der Waals surface area contributed by atoms with Gasteiger partial charge in [0.25, 0.3) is 0 Å². The Morgan fingerprint density at radius 1 is 1.12 bits per heavy atom. The first-order chi connectivity index (χ1) is 16.0. The first-order valence-electron chi connectivity index (χ1n) is 11.1. The van der Waals surface area contributed by atoms with Gasteiger partial charge in [-0.1, -0.05) is 24.6 Å². The summed E-state index contributed by atoms with van der Waals surface area (Å²) in [5.74, 6) is 1.43. The maximum Gasteiger partial charge on any atom is 0.317 e. The van der Waals surface area contributed by atoms with E-state index in [1.807, 2.05) is 36.1 Å². The standard InChI is InChI=1S/C24H29ClN6O2/c1-4-18-11-19(13-20(25)12-18)15-26-24(32)30-9-7-29(8-10-30)21-5-6-22(23(14-21)33-3)31-16-27-17(2)28-31/h5-6,11-14,16H,4,7-10,15H2,1-3H3,(H,26,32). The van der Waals surface area contributed by atoms with Crippen LogP contribution in [0.2, 0.25) is 5.02 Å². The number of rotatable bonds is 6. The van der Waals surface area contributed by atoms with Crippen molar-refractivity contribution in [3.63, 3.8) is 0 Å². The third kappa shape index (κ3) is 5.39. The number of hydrogen-bond donors (Lipinski definition) is 1. The largest absolute Gasteiger partial charge is 0.494 e. The topological polar surface area (TPSA) is 75.5 Å². The molecule has 174 valence electrons. The molecule has 3 aromatic rings. The molecule has 0 aliphatic carbocycles. The smallest absolute Gasteiger partial charge is 0.317 e. The maximum atomic E-state index is 12.7. The molecule has 0 radical (unpaired) electrons. The predicted molar refractivity (Wildman–Crippen MR) is 129 cm³/mol. The molecule has 2 heterocycles. The highest BCUT2D eigenvalue weighted by Gasteiger charge is 2.22. The van der Waals surface area contributed by atoms with Crippen molar-refractivity contribution < 1.29 is 9.53 Å². The number of carbonyl (C=O) groups is 1. The molecule has 1 aromatic heterocycles. The minimum absolute atomic E-state index is 0.0536. The lowest BCUT2D eigenvalue weighted by Crippen LogP contribution is -2.51. The number of methoxy groups -OCH3 is 1. The number of anilines is 1. The van der Waals surface area contributed by atoms with Gasteiger partial charge in [-0.05, 0) is 48.7 Å². The summed E-state index contributed by atoms with van der Waals surface area (Å²) >= 11 is 6.19. The Labute approximate surface area is 199 Å². The number of aryl methyl sites for hydroxylation is 2. The highest BCUT2D eigenvalue weighted by molar-refractivity contribution is 6.30. The first-order valence-corrected chi connectivity index (χ1v) is 11.5. The van der Waals surface area contributed by atoms with Crippen LogP contribution < -0.4 is 15.0 Å². The van der Waals surface area contributed by atoms with Gasteiger partial charge in [0.05, 0.1) is 7.11 Å². The molecule has 9 heteroatoms. The number of piperazine rings is 1. The predicted octanol–water partition coefficient (Wildman–Crippen LogP) is 3.83. The van der Waals surface area contributed by atoms with Crippen LogP contribution >= 0.6 is 11.6 Å². The fraction of sp³-hybridized carbons (Fsp3) is 0.375. The number of hydrogen-bond acceptors (Lipinski definition) is 5. The Morgan fingerprint density at radius 2 is 1.88 bits per heavy atom. The number of benzene rings is 2. The molecule has 33 heavy (non-hydrogen) atoms. The van der Waals surface area contributed by atoms with Crippen LogP contribution in [0, 0.1) is 6.92 Å². The summed E-state index contributed by atoms with van der Waals surface area (Å²) in [7, 11) is 1.65. The van der Waals surface area contributed by atoms with Crippen molar-refractivity contribution in [2.45, 2.75) is 26.8 Å². The van der Waals surface area contributed by atoms with Crippen LogP contribution in [0.15, 0.2) is 42.7 Å². The summed E-state index contributed by atoms with van der Waals surface area (Å²) in [4.78, 5) is 21.0. The Kier molecular flexibility index (Phi) is 7.03. The van der Waals surface area contributed by atoms with Crippen molar-refractivity contribution in [1.29, 1.82) is 0 Å². The highest BCUT2D eigenvalue weighted by atomic mass is 35.5. The number of urea groups is 1. The molecular weight excluding hydrogens is 440 g/mol. The number of halogens is 1. The lowest BCUT2D eigenvalue weighted by Gasteiger charge is -2.36. The van der Waals surface area contributed by atoms with E-state index in [9.17, 15) is 4.79 Å². The zero-order chi connectivity index (χ0) is 23.4. The van der Waals surface area contributed by atoms with Crippen molar-refractivity contribution >= 4 is 23.3 Å². The van der Waals surface area contributed by atoms with E-state index in [1.165, 1.54) is 5.56 Å². The van der Waals surface area contributed by atoms with E-state index in [0.717, 1.165) is 42.2 Å². The van der Waals surface area contributed by atoms with E-state index in [2.05, 4.69) is 39.4 Å². The highest BCUT2D eigenvalue weighted by Crippen LogP contribution is 2.29. The van der Waals surface area contributed by atoms with Crippen LogP contribution in [0.1, 0.15) is 23.9 Å². The van der Waals surface area contributed by atoms with Gasteiger partial charge in [0.15, 0.2) is 0 Å². The second kappa shape index (κ2) is 10.1. The first kappa shape index (κ1) is 22.9. The molecule has 1 aliphatic heterocycles. The lowest BCUT2D eigenvalue weighted by molar-refractivity contribution is 0.194. The zero-order valence-corrected chi connectivity index (χ0v) is 20.0. The Morgan fingerprint density at radius 3 is 2.55 bits per heavy atom. The second-order valence-corrected chi connectivity index (χ2v) is 8.48. The van der Waals surface area contributed by atoms with Gasteiger partial charge >= 0.3 is 6.03 Å². The summed E-state index contributed by atoms with van der Waals surface area (Å²) in [5.41, 5.74) is 4.08. The molecule has 1 aliphatic rings. The molecule has 1 saturated heterocycles. The van der Waals surface area contributed by atoms with Gasteiger partial charge in [0, 0.05) is 49.5 Å². The Hall–Kier alpha value is -3.26. The quantitative estimate of drug-likeness (QED) is 0.595. The van der Waals surface area contributed by atoms with Crippen molar-refractivity contribution in [3.8, 4) is 11.4 Å². The van der Waals surface area contributed by atoms with Crippen molar-refractivity contribution in [2.75, 3.05) is 38.2 Å². The average Bonchev–Trinajstić information content (AvgIpc) is 3.27. The molecule has 4 rings (SSSR count). The summed E-state index contributed by atoms with van der Waals surface area (Å²) in [5, 5.41) is 8.09. The number of aromatic nitrogens is 3. The molecule has 0 saturated carbocycles. The number of nitrogens with zero attached hydrogens (tertiary/aromatic N) is 5. The molecule has 0 unspecified atom stereocenters. The van der Waals surface area contributed by atoms with Crippen LogP contribution in [-0.2, 0) is 13.0 Å². The summed E-state index contributed by atoms with van der Waals surface area (Å²) < 4.78 is 7.31. The Bertz CT molecular complexity index is 1120. The minimum Gasteiger partial charge on any atom is -0.494 e. The van der Waals surface area contributed by atoms with Gasteiger partial charge in [-0.2, -0.15) is 5.10 Å². The lowest BCUT2D eigenvalue weighted by atomic mass is 10.1. The molecule has 8 nitrogen and oxygen atoms in total. The van der Waals surface area contributed by atoms with Crippen LogP contribution in [0.4, 0.5) is 10.5 Å². The molecule has 1 fully saturated rings. The van der Waals surface area contributed by atoms with Crippen LogP contribution in [-0.4, -0.2) is 59.0 Å². The van der Waals surface area contributed by atoms with Gasteiger partial charge < -0.3 is 19.9 Å². The normalized spacial score (nSPS) is 13.8. The van der Waals surface area contributed by atoms with Gasteiger partial charge in [0.1, 0.15) is 23.6 Å². The van der Waals surface area contributed by atoms with E-state index in [0.29, 0.717) is 30.5 Å². The fourth-order valence-electron chi connectivity index (χ4n) is 3.99. The van der Waals surface area contributed by atoms with Crippen LogP contribution in [0.25, 0.3) is 5.69 Å². The van der Waals surface area contributed by atoms with E-state index < -0.39 is 0 Å². The Balaban J connectivity index is 1.34. The molecule has 2 aromatic carbocycles. The molecule has 0 bridgehead atoms. The van der Waals surface area contributed by atoms with Crippen molar-refractivity contribution in [2.24, 2.45) is 0 Å². The van der Waals surface area contributed by atoms with E-state index >= 15 is 0 Å². The van der Waals surface area contributed by atoms with E-state index in [-0.39, 0.29) is 6.03 Å². The fourth-order valence-corrected chi connectivity index (χ4v) is 4.28. The molecule has 0 atom stereocenters. The summed E-state index contributed by atoms with van der Waals surface area (Å²) in [6, 6.07) is 11.9. The van der Waals surface area contributed by atoms with Crippen molar-refractivity contribution in [1.82, 2.24) is 25.0 Å². The van der Waals surface area contributed by atoms with E-state index in [1.54, 1.807) is 18.1 Å². The molecular formula is C24H29ClN6O2.